The Morgan fingerprint density at radius 2 is 1.94 bits per heavy atom. The molecule has 6 heteroatoms. The maximum atomic E-state index is 11.8. The van der Waals surface area contributed by atoms with Gasteiger partial charge in [0.1, 0.15) is 0 Å². The third-order valence-corrected chi connectivity index (χ3v) is 2.34. The molecule has 98 valence electrons. The van der Waals surface area contributed by atoms with Crippen LogP contribution in [0.15, 0.2) is 24.3 Å². The number of amides is 2. The van der Waals surface area contributed by atoms with Crippen molar-refractivity contribution in [3.63, 3.8) is 0 Å². The van der Waals surface area contributed by atoms with Crippen LogP contribution in [0.25, 0.3) is 0 Å². The van der Waals surface area contributed by atoms with Crippen LogP contribution in [0.2, 0.25) is 0 Å². The van der Waals surface area contributed by atoms with Crippen molar-refractivity contribution >= 4 is 17.5 Å². The summed E-state index contributed by atoms with van der Waals surface area (Å²) in [5, 5.41) is 5.33. The minimum Gasteiger partial charge on any atom is -0.356 e. The molecule has 0 heterocycles. The molecule has 0 bridgehead atoms. The molecule has 0 aliphatic rings. The lowest BCUT2D eigenvalue weighted by Crippen LogP contribution is -2.31. The van der Waals surface area contributed by atoms with E-state index in [1.165, 1.54) is 0 Å². The second-order valence-electron chi connectivity index (χ2n) is 3.65. The maximum Gasteiger partial charge on any atom is 0.253 e. The van der Waals surface area contributed by atoms with Crippen LogP contribution >= 0.6 is 0 Å². The number of nitrogen functional groups attached to an aromatic ring is 1. The largest absolute Gasteiger partial charge is 0.356 e. The fourth-order valence-corrected chi connectivity index (χ4v) is 1.48. The van der Waals surface area contributed by atoms with E-state index in [0.717, 1.165) is 0 Å². The van der Waals surface area contributed by atoms with Gasteiger partial charge in [0.15, 0.2) is 0 Å². The highest BCUT2D eigenvalue weighted by atomic mass is 16.2. The molecular weight excluding hydrogens is 232 g/mol. The molecule has 0 aliphatic carbocycles. The Morgan fingerprint density at radius 1 is 1.22 bits per heavy atom. The van der Waals surface area contributed by atoms with Crippen molar-refractivity contribution in [1.29, 1.82) is 0 Å². The van der Waals surface area contributed by atoms with E-state index in [4.69, 9.17) is 5.84 Å². The van der Waals surface area contributed by atoms with Gasteiger partial charge in [0.2, 0.25) is 5.91 Å². The summed E-state index contributed by atoms with van der Waals surface area (Å²) in [6.07, 6.45) is 0.262. The lowest BCUT2D eigenvalue weighted by molar-refractivity contribution is -0.120. The maximum absolute atomic E-state index is 11.8. The van der Waals surface area contributed by atoms with Crippen LogP contribution in [0, 0.1) is 0 Å². The van der Waals surface area contributed by atoms with E-state index in [1.807, 2.05) is 6.92 Å². The fraction of sp³-hybridized carbons (Fsp3) is 0.333. The first kappa shape index (κ1) is 14.0. The van der Waals surface area contributed by atoms with E-state index in [1.54, 1.807) is 24.3 Å². The first-order valence-electron chi connectivity index (χ1n) is 5.79. The first-order valence-corrected chi connectivity index (χ1v) is 5.79. The normalized spacial score (nSPS) is 9.67. The van der Waals surface area contributed by atoms with E-state index >= 15 is 0 Å². The number of para-hydroxylation sites is 1. The van der Waals surface area contributed by atoms with Crippen molar-refractivity contribution in [1.82, 2.24) is 10.6 Å². The molecule has 18 heavy (non-hydrogen) atoms. The third kappa shape index (κ3) is 4.06. The number of anilines is 1. The van der Waals surface area contributed by atoms with Crippen LogP contribution in [-0.4, -0.2) is 24.9 Å². The smallest absolute Gasteiger partial charge is 0.253 e. The Labute approximate surface area is 106 Å². The second kappa shape index (κ2) is 7.29. The van der Waals surface area contributed by atoms with Gasteiger partial charge in [0, 0.05) is 19.5 Å². The molecule has 6 nitrogen and oxygen atoms in total. The van der Waals surface area contributed by atoms with Crippen molar-refractivity contribution in [3.8, 4) is 0 Å². The average Bonchev–Trinajstić information content (AvgIpc) is 2.38. The molecule has 1 rings (SSSR count). The predicted molar refractivity (Wildman–Crippen MR) is 69.9 cm³/mol. The summed E-state index contributed by atoms with van der Waals surface area (Å²) in [5.74, 6) is 4.97. The zero-order valence-corrected chi connectivity index (χ0v) is 10.3. The summed E-state index contributed by atoms with van der Waals surface area (Å²) in [5.41, 5.74) is 3.46. The number of hydrogen-bond acceptors (Lipinski definition) is 4. The van der Waals surface area contributed by atoms with Gasteiger partial charge in [0.25, 0.3) is 5.91 Å². The first-order chi connectivity index (χ1) is 8.69. The highest BCUT2D eigenvalue weighted by Crippen LogP contribution is 2.12. The molecule has 1 aromatic rings. The van der Waals surface area contributed by atoms with Crippen LogP contribution in [-0.2, 0) is 4.79 Å². The Kier molecular flexibility index (Phi) is 5.66. The summed E-state index contributed by atoms with van der Waals surface area (Å²) in [7, 11) is 0. The minimum atomic E-state index is -0.257. The number of benzene rings is 1. The number of carbonyl (C=O) groups excluding carboxylic acids is 2. The highest BCUT2D eigenvalue weighted by Gasteiger charge is 2.09. The number of hydrogen-bond donors (Lipinski definition) is 4. The number of nitrogens with one attached hydrogen (secondary N) is 3. The lowest BCUT2D eigenvalue weighted by atomic mass is 10.1. The summed E-state index contributed by atoms with van der Waals surface area (Å²) in [4.78, 5) is 23.0. The van der Waals surface area contributed by atoms with Crippen LogP contribution in [0.3, 0.4) is 0 Å². The summed E-state index contributed by atoms with van der Waals surface area (Å²) in [6.45, 7) is 2.73. The Morgan fingerprint density at radius 3 is 2.61 bits per heavy atom. The molecule has 0 atom stereocenters. The van der Waals surface area contributed by atoms with Crippen molar-refractivity contribution in [2.24, 2.45) is 5.84 Å². The van der Waals surface area contributed by atoms with E-state index in [2.05, 4.69) is 16.1 Å². The van der Waals surface area contributed by atoms with Gasteiger partial charge in [-0.2, -0.15) is 0 Å². The van der Waals surface area contributed by atoms with Gasteiger partial charge in [-0.05, 0) is 19.1 Å². The average molecular weight is 250 g/mol. The van der Waals surface area contributed by atoms with Gasteiger partial charge >= 0.3 is 0 Å². The molecule has 0 radical (unpaired) electrons. The quantitative estimate of drug-likeness (QED) is 0.429. The van der Waals surface area contributed by atoms with Gasteiger partial charge in [-0.15, -0.1) is 0 Å². The zero-order chi connectivity index (χ0) is 13.4. The molecular formula is C12H18N4O2. The molecule has 2 amide bonds. The van der Waals surface area contributed by atoms with Crippen LogP contribution in [0.5, 0.6) is 0 Å². The van der Waals surface area contributed by atoms with E-state index in [-0.39, 0.29) is 18.2 Å². The lowest BCUT2D eigenvalue weighted by Gasteiger charge is -2.09. The summed E-state index contributed by atoms with van der Waals surface area (Å²) < 4.78 is 0. The minimum absolute atomic E-state index is 0.0805. The van der Waals surface area contributed by atoms with Gasteiger partial charge < -0.3 is 16.1 Å². The molecule has 0 saturated heterocycles. The molecule has 0 spiro atoms. The van der Waals surface area contributed by atoms with Gasteiger partial charge in [0.05, 0.1) is 11.3 Å². The molecule has 0 aromatic heterocycles. The van der Waals surface area contributed by atoms with E-state index < -0.39 is 0 Å². The van der Waals surface area contributed by atoms with Crippen molar-refractivity contribution in [2.75, 3.05) is 18.5 Å². The van der Waals surface area contributed by atoms with Gasteiger partial charge in [-0.25, -0.2) is 0 Å². The van der Waals surface area contributed by atoms with Crippen molar-refractivity contribution < 1.29 is 9.59 Å². The van der Waals surface area contributed by atoms with Gasteiger partial charge in [-0.1, -0.05) is 12.1 Å². The molecule has 0 saturated carbocycles. The monoisotopic (exact) mass is 250 g/mol. The van der Waals surface area contributed by atoms with Crippen LogP contribution in [0.4, 0.5) is 5.69 Å². The fourth-order valence-electron chi connectivity index (χ4n) is 1.48. The molecule has 0 unspecified atom stereocenters. The predicted octanol–water partition coefficient (Wildman–Crippen LogP) is 0.228. The molecule has 1 aromatic carbocycles. The standard InChI is InChI=1S/C12H18N4O2/c1-2-14-11(17)7-8-15-12(18)9-5-3-4-6-10(9)16-13/h3-6,16H,2,7-8,13H2,1H3,(H,14,17)(H,15,18). The van der Waals surface area contributed by atoms with Crippen molar-refractivity contribution in [3.05, 3.63) is 29.8 Å². The molecule has 5 N–H and O–H groups in total. The Bertz CT molecular complexity index is 420. The van der Waals surface area contributed by atoms with E-state index in [0.29, 0.717) is 24.3 Å². The van der Waals surface area contributed by atoms with Crippen molar-refractivity contribution in [2.45, 2.75) is 13.3 Å². The third-order valence-electron chi connectivity index (χ3n) is 2.34. The zero-order valence-electron chi connectivity index (χ0n) is 10.3. The second-order valence-corrected chi connectivity index (χ2v) is 3.65. The number of nitrogens with two attached hydrogens (primary N) is 1. The Hall–Kier alpha value is -2.08. The highest BCUT2D eigenvalue weighted by molar-refractivity contribution is 5.99. The van der Waals surface area contributed by atoms with Crippen LogP contribution < -0.4 is 21.9 Å². The Balaban J connectivity index is 2.48. The topological polar surface area (TPSA) is 96.2 Å². The van der Waals surface area contributed by atoms with E-state index in [9.17, 15) is 9.59 Å². The summed E-state index contributed by atoms with van der Waals surface area (Å²) >= 11 is 0. The number of carbonyl (C=O) groups is 2. The van der Waals surface area contributed by atoms with Gasteiger partial charge in [-0.3, -0.25) is 15.4 Å². The molecule has 0 aliphatic heterocycles. The van der Waals surface area contributed by atoms with Crippen LogP contribution in [0.1, 0.15) is 23.7 Å². The number of rotatable bonds is 6. The summed E-state index contributed by atoms with van der Waals surface area (Å²) in [6, 6.07) is 6.90. The molecule has 0 fully saturated rings. The number of hydrazine groups is 1. The SMILES string of the molecule is CCNC(=O)CCNC(=O)c1ccccc1NN.